The van der Waals surface area contributed by atoms with Crippen LogP contribution in [0.5, 0.6) is 0 Å². The molecule has 0 unspecified atom stereocenters. The average Bonchev–Trinajstić information content (AvgIpc) is 3.11. The lowest BCUT2D eigenvalue weighted by Crippen LogP contribution is -2.40. The van der Waals surface area contributed by atoms with Gasteiger partial charge in [-0.05, 0) is 17.5 Å². The Morgan fingerprint density at radius 1 is 1.27 bits per heavy atom. The summed E-state index contributed by atoms with van der Waals surface area (Å²) in [4.78, 5) is 14.7. The van der Waals surface area contributed by atoms with E-state index in [4.69, 9.17) is 9.47 Å². The molecular formula is C18H29Cl2N3O3. The Hall–Kier alpha value is -0.890. The van der Waals surface area contributed by atoms with Crippen LogP contribution >= 0.6 is 24.8 Å². The summed E-state index contributed by atoms with van der Waals surface area (Å²) in [6, 6.07) is 8.17. The number of halogens is 2. The third kappa shape index (κ3) is 6.37. The van der Waals surface area contributed by atoms with Crippen molar-refractivity contribution in [2.75, 3.05) is 40.0 Å². The van der Waals surface area contributed by atoms with Crippen LogP contribution in [0.2, 0.25) is 0 Å². The molecule has 8 heteroatoms. The standard InChI is InChI=1S/C18H27N3O3.2ClH/c1-23-16-10-17(19-12-16)18(22)20-11-14-4-2-3-5-15(14)13-21-6-8-24-9-7-21;;/h2-5,16-17,19H,6-13H2,1H3,(H,20,22);2*1H/t16-,17-;;/m0../s1. The molecule has 0 radical (unpaired) electrons. The predicted octanol–water partition coefficient (Wildman–Crippen LogP) is 1.36. The Balaban J connectivity index is 0.00000169. The topological polar surface area (TPSA) is 62.8 Å². The largest absolute Gasteiger partial charge is 0.380 e. The van der Waals surface area contributed by atoms with Crippen LogP contribution in [0.25, 0.3) is 0 Å². The molecule has 2 fully saturated rings. The highest BCUT2D eigenvalue weighted by molar-refractivity contribution is 5.85. The van der Waals surface area contributed by atoms with Crippen molar-refractivity contribution in [3.63, 3.8) is 0 Å². The van der Waals surface area contributed by atoms with E-state index < -0.39 is 0 Å². The third-order valence-corrected chi connectivity index (χ3v) is 4.81. The van der Waals surface area contributed by atoms with Crippen molar-refractivity contribution in [1.29, 1.82) is 0 Å². The summed E-state index contributed by atoms with van der Waals surface area (Å²) in [5.74, 6) is 0.0516. The van der Waals surface area contributed by atoms with Gasteiger partial charge in [0, 0.05) is 39.8 Å². The molecule has 2 atom stereocenters. The Bertz CT molecular complexity index is 556. The number of nitrogens with zero attached hydrogens (tertiary/aromatic N) is 1. The SMILES string of the molecule is CO[C@@H]1CN[C@H](C(=O)NCc2ccccc2CN2CCOCC2)C1.Cl.Cl. The quantitative estimate of drug-likeness (QED) is 0.747. The zero-order valence-electron chi connectivity index (χ0n) is 15.1. The second-order valence-electron chi connectivity index (χ2n) is 6.43. The van der Waals surface area contributed by atoms with Gasteiger partial charge < -0.3 is 20.1 Å². The van der Waals surface area contributed by atoms with Gasteiger partial charge >= 0.3 is 0 Å². The molecule has 148 valence electrons. The molecule has 0 saturated carbocycles. The first-order valence-corrected chi connectivity index (χ1v) is 8.67. The summed E-state index contributed by atoms with van der Waals surface area (Å²) in [6.45, 7) is 5.73. The van der Waals surface area contributed by atoms with Gasteiger partial charge in [0.2, 0.25) is 5.91 Å². The lowest BCUT2D eigenvalue weighted by Gasteiger charge is -2.27. The number of hydrogen-bond donors (Lipinski definition) is 2. The molecule has 0 aliphatic carbocycles. The van der Waals surface area contributed by atoms with E-state index in [1.165, 1.54) is 11.1 Å². The highest BCUT2D eigenvalue weighted by Gasteiger charge is 2.29. The molecule has 2 aliphatic heterocycles. The molecule has 2 aliphatic rings. The fraction of sp³-hybridized carbons (Fsp3) is 0.611. The molecule has 0 bridgehead atoms. The van der Waals surface area contributed by atoms with Crippen LogP contribution in [-0.2, 0) is 27.4 Å². The van der Waals surface area contributed by atoms with E-state index >= 15 is 0 Å². The number of morpholine rings is 1. The van der Waals surface area contributed by atoms with Gasteiger partial charge in [0.1, 0.15) is 0 Å². The molecule has 0 spiro atoms. The number of carbonyl (C=O) groups excluding carboxylic acids is 1. The zero-order chi connectivity index (χ0) is 16.8. The summed E-state index contributed by atoms with van der Waals surface area (Å²) in [5.41, 5.74) is 2.45. The third-order valence-electron chi connectivity index (χ3n) is 4.81. The van der Waals surface area contributed by atoms with E-state index in [2.05, 4.69) is 33.7 Å². The molecular weight excluding hydrogens is 377 g/mol. The summed E-state index contributed by atoms with van der Waals surface area (Å²) < 4.78 is 10.7. The summed E-state index contributed by atoms with van der Waals surface area (Å²) in [7, 11) is 1.69. The lowest BCUT2D eigenvalue weighted by atomic mass is 10.1. The zero-order valence-corrected chi connectivity index (χ0v) is 16.7. The molecule has 0 aromatic heterocycles. The van der Waals surface area contributed by atoms with Gasteiger partial charge in [-0.3, -0.25) is 9.69 Å². The lowest BCUT2D eigenvalue weighted by molar-refractivity contribution is -0.123. The normalized spacial score (nSPS) is 23.0. The minimum absolute atomic E-state index is 0. The Kier molecular flexibility index (Phi) is 10.5. The van der Waals surface area contributed by atoms with Crippen LogP contribution in [0.3, 0.4) is 0 Å². The second kappa shape index (κ2) is 11.7. The maximum Gasteiger partial charge on any atom is 0.237 e. The van der Waals surface area contributed by atoms with Gasteiger partial charge in [-0.2, -0.15) is 0 Å². The number of amides is 1. The fourth-order valence-electron chi connectivity index (χ4n) is 3.27. The fourth-order valence-corrected chi connectivity index (χ4v) is 3.27. The van der Waals surface area contributed by atoms with E-state index in [9.17, 15) is 4.79 Å². The first-order valence-electron chi connectivity index (χ1n) is 8.67. The maximum atomic E-state index is 12.3. The molecule has 2 N–H and O–H groups in total. The average molecular weight is 406 g/mol. The number of rotatable bonds is 6. The summed E-state index contributed by atoms with van der Waals surface area (Å²) in [5, 5.41) is 6.28. The van der Waals surface area contributed by atoms with Crippen molar-refractivity contribution in [3.05, 3.63) is 35.4 Å². The number of ether oxygens (including phenoxy) is 2. The molecule has 1 aromatic rings. The van der Waals surface area contributed by atoms with Crippen molar-refractivity contribution in [2.24, 2.45) is 0 Å². The van der Waals surface area contributed by atoms with Crippen molar-refractivity contribution in [1.82, 2.24) is 15.5 Å². The molecule has 3 rings (SSSR count). The van der Waals surface area contributed by atoms with Crippen molar-refractivity contribution < 1.29 is 14.3 Å². The highest BCUT2D eigenvalue weighted by atomic mass is 35.5. The summed E-state index contributed by atoms with van der Waals surface area (Å²) >= 11 is 0. The Morgan fingerprint density at radius 2 is 1.96 bits per heavy atom. The predicted molar refractivity (Wildman–Crippen MR) is 106 cm³/mol. The molecule has 26 heavy (non-hydrogen) atoms. The van der Waals surface area contributed by atoms with Gasteiger partial charge in [0.15, 0.2) is 0 Å². The van der Waals surface area contributed by atoms with Gasteiger partial charge in [-0.25, -0.2) is 0 Å². The number of carbonyl (C=O) groups is 1. The number of hydrogen-bond acceptors (Lipinski definition) is 5. The molecule has 6 nitrogen and oxygen atoms in total. The Labute approximate surface area is 167 Å². The number of nitrogens with one attached hydrogen (secondary N) is 2. The molecule has 1 aromatic carbocycles. The van der Waals surface area contributed by atoms with Gasteiger partial charge in [0.25, 0.3) is 0 Å². The minimum Gasteiger partial charge on any atom is -0.380 e. The van der Waals surface area contributed by atoms with E-state index in [0.29, 0.717) is 6.54 Å². The first-order chi connectivity index (χ1) is 11.8. The van der Waals surface area contributed by atoms with Crippen molar-refractivity contribution in [3.8, 4) is 0 Å². The molecule has 2 saturated heterocycles. The van der Waals surface area contributed by atoms with Crippen molar-refractivity contribution >= 4 is 30.7 Å². The first kappa shape index (κ1) is 23.1. The van der Waals surface area contributed by atoms with E-state index in [0.717, 1.165) is 45.8 Å². The highest BCUT2D eigenvalue weighted by Crippen LogP contribution is 2.14. The molecule has 2 heterocycles. The number of methoxy groups -OCH3 is 1. The van der Waals surface area contributed by atoms with Gasteiger partial charge in [0.05, 0.1) is 25.4 Å². The Morgan fingerprint density at radius 3 is 2.62 bits per heavy atom. The minimum atomic E-state index is -0.152. The van der Waals surface area contributed by atoms with Gasteiger partial charge in [-0.1, -0.05) is 24.3 Å². The number of benzene rings is 1. The van der Waals surface area contributed by atoms with Crippen LogP contribution in [-0.4, -0.2) is 62.9 Å². The van der Waals surface area contributed by atoms with Crippen LogP contribution in [0, 0.1) is 0 Å². The van der Waals surface area contributed by atoms with Crippen LogP contribution in [0.4, 0.5) is 0 Å². The van der Waals surface area contributed by atoms with Crippen LogP contribution in [0.15, 0.2) is 24.3 Å². The van der Waals surface area contributed by atoms with E-state index in [1.807, 2.05) is 6.07 Å². The van der Waals surface area contributed by atoms with E-state index in [-0.39, 0.29) is 42.9 Å². The second-order valence-corrected chi connectivity index (χ2v) is 6.43. The summed E-state index contributed by atoms with van der Waals surface area (Å²) in [6.07, 6.45) is 0.868. The van der Waals surface area contributed by atoms with Crippen LogP contribution < -0.4 is 10.6 Å². The van der Waals surface area contributed by atoms with Crippen LogP contribution in [0.1, 0.15) is 17.5 Å². The van der Waals surface area contributed by atoms with Crippen molar-refractivity contribution in [2.45, 2.75) is 31.7 Å². The smallest absolute Gasteiger partial charge is 0.237 e. The monoisotopic (exact) mass is 405 g/mol. The molecule has 1 amide bonds. The van der Waals surface area contributed by atoms with E-state index in [1.54, 1.807) is 7.11 Å². The maximum absolute atomic E-state index is 12.3. The van der Waals surface area contributed by atoms with Gasteiger partial charge in [-0.15, -0.1) is 24.8 Å².